The van der Waals surface area contributed by atoms with Crippen molar-refractivity contribution in [1.29, 1.82) is 5.26 Å². The molecule has 0 spiro atoms. The standard InChI is InChI=1S/C18H26N4O4S/c1-25-11-7-21-27(23,24)18(15-19)14-16-2-4-17(5-3-16)20-6-8-22-9-12-26-13-10-22/h2-5,14,20-21H,6-13H2,1H3/b18-14+. The van der Waals surface area contributed by atoms with Gasteiger partial charge >= 0.3 is 0 Å². The van der Waals surface area contributed by atoms with Gasteiger partial charge in [-0.15, -0.1) is 0 Å². The minimum absolute atomic E-state index is 0.115. The second-order valence-corrected chi connectivity index (χ2v) is 7.75. The number of sulfonamides is 1. The summed E-state index contributed by atoms with van der Waals surface area (Å²) < 4.78 is 36.7. The first-order chi connectivity index (χ1) is 13.0. The number of hydrogen-bond acceptors (Lipinski definition) is 7. The fourth-order valence-corrected chi connectivity index (χ4v) is 3.48. The molecule has 1 aromatic rings. The van der Waals surface area contributed by atoms with E-state index in [1.807, 2.05) is 12.1 Å². The summed E-state index contributed by atoms with van der Waals surface area (Å²) in [6, 6.07) is 9.03. The molecule has 2 N–H and O–H groups in total. The van der Waals surface area contributed by atoms with Crippen molar-refractivity contribution in [2.24, 2.45) is 0 Å². The van der Waals surface area contributed by atoms with E-state index in [9.17, 15) is 13.7 Å². The number of allylic oxidation sites excluding steroid dienone is 1. The SMILES string of the molecule is COCCNS(=O)(=O)/C(C#N)=C/c1ccc(NCCN2CCOCC2)cc1. The summed E-state index contributed by atoms with van der Waals surface area (Å²) in [5, 5.41) is 12.5. The summed E-state index contributed by atoms with van der Waals surface area (Å²) in [4.78, 5) is 2.01. The predicted octanol–water partition coefficient (Wildman–Crippen LogP) is 0.861. The quantitative estimate of drug-likeness (QED) is 0.448. The van der Waals surface area contributed by atoms with Gasteiger partial charge in [0.1, 0.15) is 6.07 Å². The van der Waals surface area contributed by atoms with Crippen LogP contribution in [0.25, 0.3) is 6.08 Å². The molecule has 1 aliphatic rings. The molecule has 1 fully saturated rings. The minimum atomic E-state index is -3.84. The van der Waals surface area contributed by atoms with Gasteiger partial charge in [-0.25, -0.2) is 13.1 Å². The average molecular weight is 394 g/mol. The van der Waals surface area contributed by atoms with Crippen molar-refractivity contribution in [3.63, 3.8) is 0 Å². The maximum Gasteiger partial charge on any atom is 0.250 e. The fourth-order valence-electron chi connectivity index (χ4n) is 2.56. The van der Waals surface area contributed by atoms with Crippen LogP contribution >= 0.6 is 0 Å². The minimum Gasteiger partial charge on any atom is -0.384 e. The molecule has 27 heavy (non-hydrogen) atoms. The van der Waals surface area contributed by atoms with E-state index in [2.05, 4.69) is 14.9 Å². The van der Waals surface area contributed by atoms with Crippen molar-refractivity contribution in [1.82, 2.24) is 9.62 Å². The van der Waals surface area contributed by atoms with Gasteiger partial charge in [0.25, 0.3) is 10.0 Å². The fraction of sp³-hybridized carbons (Fsp3) is 0.500. The molecule has 0 aliphatic carbocycles. The monoisotopic (exact) mass is 394 g/mol. The molecule has 0 unspecified atom stereocenters. The first-order valence-electron chi connectivity index (χ1n) is 8.79. The van der Waals surface area contributed by atoms with Crippen LogP contribution in [0, 0.1) is 11.3 Å². The number of morpholine rings is 1. The van der Waals surface area contributed by atoms with Gasteiger partial charge in [-0.1, -0.05) is 12.1 Å². The molecule has 148 valence electrons. The van der Waals surface area contributed by atoms with Crippen LogP contribution in [0.15, 0.2) is 29.2 Å². The molecule has 0 bridgehead atoms. The third-order valence-electron chi connectivity index (χ3n) is 4.07. The molecular formula is C18H26N4O4S. The summed E-state index contributed by atoms with van der Waals surface area (Å²) in [6.07, 6.45) is 1.35. The van der Waals surface area contributed by atoms with Crippen LogP contribution in [-0.2, 0) is 19.5 Å². The van der Waals surface area contributed by atoms with Crippen molar-refractivity contribution in [3.8, 4) is 6.07 Å². The zero-order chi connectivity index (χ0) is 19.5. The highest BCUT2D eigenvalue weighted by molar-refractivity contribution is 7.93. The van der Waals surface area contributed by atoms with Gasteiger partial charge in [0.2, 0.25) is 0 Å². The Kier molecular flexibility index (Phi) is 8.71. The van der Waals surface area contributed by atoms with Crippen LogP contribution in [0.2, 0.25) is 0 Å². The van der Waals surface area contributed by atoms with Crippen LogP contribution in [-0.4, -0.2) is 73.0 Å². The molecule has 1 saturated heterocycles. The van der Waals surface area contributed by atoms with E-state index in [-0.39, 0.29) is 18.1 Å². The van der Waals surface area contributed by atoms with Gasteiger partial charge in [-0.3, -0.25) is 4.90 Å². The Labute approximate surface area is 160 Å². The second kappa shape index (κ2) is 11.0. The molecule has 8 nitrogen and oxygen atoms in total. The third kappa shape index (κ3) is 7.28. The number of nitrogens with zero attached hydrogens (tertiary/aromatic N) is 2. The highest BCUT2D eigenvalue weighted by Crippen LogP contribution is 2.14. The van der Waals surface area contributed by atoms with E-state index in [4.69, 9.17) is 9.47 Å². The lowest BCUT2D eigenvalue weighted by molar-refractivity contribution is 0.0398. The molecule has 0 saturated carbocycles. The Morgan fingerprint density at radius 3 is 2.63 bits per heavy atom. The van der Waals surface area contributed by atoms with Crippen molar-refractivity contribution < 1.29 is 17.9 Å². The molecule has 0 amide bonds. The Morgan fingerprint density at radius 1 is 1.30 bits per heavy atom. The van der Waals surface area contributed by atoms with E-state index >= 15 is 0 Å². The van der Waals surface area contributed by atoms with Crippen LogP contribution in [0.5, 0.6) is 0 Å². The summed E-state index contributed by atoms with van der Waals surface area (Å²) in [7, 11) is -2.36. The first kappa shape index (κ1) is 21.3. The van der Waals surface area contributed by atoms with Gasteiger partial charge in [0.15, 0.2) is 4.91 Å². The van der Waals surface area contributed by atoms with Crippen LogP contribution < -0.4 is 10.0 Å². The van der Waals surface area contributed by atoms with Crippen molar-refractivity contribution >= 4 is 21.8 Å². The molecule has 1 aliphatic heterocycles. The third-order valence-corrected chi connectivity index (χ3v) is 5.44. The number of nitriles is 1. The molecule has 9 heteroatoms. The topological polar surface area (TPSA) is 104 Å². The maximum atomic E-state index is 12.1. The molecule has 1 heterocycles. The smallest absolute Gasteiger partial charge is 0.250 e. The van der Waals surface area contributed by atoms with Gasteiger partial charge in [-0.2, -0.15) is 5.26 Å². The Bertz CT molecular complexity index is 751. The van der Waals surface area contributed by atoms with Gasteiger partial charge < -0.3 is 14.8 Å². The van der Waals surface area contributed by atoms with Gasteiger partial charge in [-0.05, 0) is 23.8 Å². The Balaban J connectivity index is 1.90. The first-order valence-corrected chi connectivity index (χ1v) is 10.3. The summed E-state index contributed by atoms with van der Waals surface area (Å²) in [5.41, 5.74) is 1.59. The summed E-state index contributed by atoms with van der Waals surface area (Å²) in [5.74, 6) is 0. The van der Waals surface area contributed by atoms with Crippen molar-refractivity contribution in [3.05, 3.63) is 34.7 Å². The van der Waals surface area contributed by atoms with Crippen molar-refractivity contribution in [2.45, 2.75) is 0 Å². The molecule has 1 aromatic carbocycles. The average Bonchev–Trinajstić information content (AvgIpc) is 2.68. The summed E-state index contributed by atoms with van der Waals surface area (Å²) in [6.45, 7) is 5.58. The zero-order valence-electron chi connectivity index (χ0n) is 15.5. The van der Waals surface area contributed by atoms with E-state index in [1.54, 1.807) is 18.2 Å². The zero-order valence-corrected chi connectivity index (χ0v) is 16.3. The van der Waals surface area contributed by atoms with Gasteiger partial charge in [0.05, 0.1) is 19.8 Å². The number of ether oxygens (including phenoxy) is 2. The maximum absolute atomic E-state index is 12.1. The van der Waals surface area contributed by atoms with Crippen molar-refractivity contribution in [2.75, 3.05) is 65.0 Å². The molecule has 0 atom stereocenters. The number of rotatable bonds is 10. The van der Waals surface area contributed by atoms with Crippen LogP contribution in [0.4, 0.5) is 5.69 Å². The molecular weight excluding hydrogens is 368 g/mol. The number of methoxy groups -OCH3 is 1. The lowest BCUT2D eigenvalue weighted by Gasteiger charge is -2.26. The number of benzene rings is 1. The highest BCUT2D eigenvalue weighted by Gasteiger charge is 2.16. The Hall–Kier alpha value is -1.96. The lowest BCUT2D eigenvalue weighted by Crippen LogP contribution is -2.38. The molecule has 2 rings (SSSR count). The van der Waals surface area contributed by atoms with E-state index in [0.29, 0.717) is 5.56 Å². The van der Waals surface area contributed by atoms with Crippen LogP contribution in [0.3, 0.4) is 0 Å². The van der Waals surface area contributed by atoms with E-state index < -0.39 is 10.0 Å². The Morgan fingerprint density at radius 2 is 2.00 bits per heavy atom. The predicted molar refractivity (Wildman–Crippen MR) is 105 cm³/mol. The lowest BCUT2D eigenvalue weighted by atomic mass is 10.2. The van der Waals surface area contributed by atoms with Crippen LogP contribution in [0.1, 0.15) is 5.56 Å². The number of hydrogen-bond donors (Lipinski definition) is 2. The second-order valence-electron chi connectivity index (χ2n) is 6.01. The number of anilines is 1. The molecule has 0 radical (unpaired) electrons. The largest absolute Gasteiger partial charge is 0.384 e. The van der Waals surface area contributed by atoms with E-state index in [1.165, 1.54) is 13.2 Å². The molecule has 0 aromatic heterocycles. The van der Waals surface area contributed by atoms with E-state index in [0.717, 1.165) is 45.1 Å². The normalized spacial score (nSPS) is 16.1. The highest BCUT2D eigenvalue weighted by atomic mass is 32.2. The number of nitrogens with one attached hydrogen (secondary N) is 2. The van der Waals surface area contributed by atoms with Gasteiger partial charge in [0, 0.05) is 45.5 Å². The summed E-state index contributed by atoms with van der Waals surface area (Å²) >= 11 is 0.